The molecule has 0 fully saturated rings. The van der Waals surface area contributed by atoms with Crippen LogP contribution in [0.1, 0.15) is 47.1 Å². The lowest BCUT2D eigenvalue weighted by Crippen LogP contribution is -2.30. The fourth-order valence-electron chi connectivity index (χ4n) is 2.66. The monoisotopic (exact) mass is 362 g/mol. The fourth-order valence-corrected chi connectivity index (χ4v) is 2.66. The molecule has 2 aromatic heterocycles. The van der Waals surface area contributed by atoms with E-state index in [1.54, 1.807) is 54.0 Å². The van der Waals surface area contributed by atoms with E-state index in [0.717, 1.165) is 11.1 Å². The highest BCUT2D eigenvalue weighted by molar-refractivity contribution is 5.93. The summed E-state index contributed by atoms with van der Waals surface area (Å²) in [5, 5.41) is 9.48. The highest BCUT2D eigenvalue weighted by Crippen LogP contribution is 2.16. The highest BCUT2D eigenvalue weighted by atomic mass is 16.3. The first-order valence-corrected chi connectivity index (χ1v) is 8.81. The number of aromatic nitrogens is 3. The smallest absolute Gasteiger partial charge is 0.257 e. The summed E-state index contributed by atoms with van der Waals surface area (Å²) in [6.07, 6.45) is 6.58. The average Bonchev–Trinajstić information content (AvgIpc) is 2.69. The summed E-state index contributed by atoms with van der Waals surface area (Å²) in [5.74, 6) is 0.975. The van der Waals surface area contributed by atoms with Crippen molar-refractivity contribution in [2.75, 3.05) is 0 Å². The second kappa shape index (κ2) is 8.40. The lowest BCUT2D eigenvalue weighted by atomic mass is 10.1. The van der Waals surface area contributed by atoms with Crippen LogP contribution >= 0.6 is 0 Å². The Bertz CT molecular complexity index is 878. The van der Waals surface area contributed by atoms with Crippen LogP contribution in [0.25, 0.3) is 0 Å². The van der Waals surface area contributed by atoms with Gasteiger partial charge >= 0.3 is 0 Å². The molecule has 1 aromatic carbocycles. The quantitative estimate of drug-likeness (QED) is 0.725. The number of benzene rings is 1. The fraction of sp³-hybridized carbons (Fsp3) is 0.238. The van der Waals surface area contributed by atoms with Gasteiger partial charge in [0.1, 0.15) is 11.6 Å². The normalized spacial score (nSPS) is 10.8. The van der Waals surface area contributed by atoms with Gasteiger partial charge in [0.05, 0.1) is 5.56 Å². The van der Waals surface area contributed by atoms with E-state index in [9.17, 15) is 9.90 Å². The molecule has 1 amide bonds. The molecule has 27 heavy (non-hydrogen) atoms. The minimum absolute atomic E-state index is 0.143. The van der Waals surface area contributed by atoms with Gasteiger partial charge in [-0.2, -0.15) is 0 Å². The number of phenols is 1. The molecule has 0 bridgehead atoms. The molecule has 0 saturated carbocycles. The maximum Gasteiger partial charge on any atom is 0.257 e. The number of pyridine rings is 1. The Labute approximate surface area is 158 Å². The number of hydrogen-bond acceptors (Lipinski definition) is 5. The van der Waals surface area contributed by atoms with Gasteiger partial charge in [0, 0.05) is 43.8 Å². The largest absolute Gasteiger partial charge is 0.508 e. The second-order valence-electron chi connectivity index (χ2n) is 6.67. The van der Waals surface area contributed by atoms with E-state index in [1.165, 1.54) is 0 Å². The SMILES string of the molecule is CC(C)c1ncc(C(=O)N(Cc2ccncc2)Cc2ccc(O)cc2)cn1. The summed E-state index contributed by atoms with van der Waals surface area (Å²) in [5.41, 5.74) is 2.36. The van der Waals surface area contributed by atoms with Crippen molar-refractivity contribution < 1.29 is 9.90 Å². The van der Waals surface area contributed by atoms with Crippen molar-refractivity contribution in [3.05, 3.63) is 83.7 Å². The maximum absolute atomic E-state index is 13.1. The molecule has 1 N–H and O–H groups in total. The number of carbonyl (C=O) groups excluding carboxylic acids is 1. The lowest BCUT2D eigenvalue weighted by molar-refractivity contribution is 0.0729. The van der Waals surface area contributed by atoms with E-state index in [-0.39, 0.29) is 17.6 Å². The van der Waals surface area contributed by atoms with Gasteiger partial charge < -0.3 is 10.0 Å². The Morgan fingerprint density at radius 3 is 2.07 bits per heavy atom. The Morgan fingerprint density at radius 2 is 1.52 bits per heavy atom. The molecule has 0 atom stereocenters. The van der Waals surface area contributed by atoms with Crippen molar-refractivity contribution in [3.8, 4) is 5.75 Å². The first-order valence-electron chi connectivity index (χ1n) is 8.81. The van der Waals surface area contributed by atoms with Crippen molar-refractivity contribution in [2.45, 2.75) is 32.9 Å². The molecule has 0 aliphatic heterocycles. The predicted molar refractivity (Wildman–Crippen MR) is 102 cm³/mol. The first kappa shape index (κ1) is 18.5. The molecular formula is C21H22N4O2. The van der Waals surface area contributed by atoms with E-state index >= 15 is 0 Å². The van der Waals surface area contributed by atoms with Crippen molar-refractivity contribution >= 4 is 5.91 Å². The second-order valence-corrected chi connectivity index (χ2v) is 6.67. The van der Waals surface area contributed by atoms with Crippen LogP contribution in [0.4, 0.5) is 0 Å². The van der Waals surface area contributed by atoms with Gasteiger partial charge in [0.15, 0.2) is 0 Å². The molecule has 0 unspecified atom stereocenters. The van der Waals surface area contributed by atoms with E-state index < -0.39 is 0 Å². The molecule has 0 radical (unpaired) electrons. The molecule has 2 heterocycles. The molecule has 3 rings (SSSR count). The van der Waals surface area contributed by atoms with Crippen LogP contribution in [0.3, 0.4) is 0 Å². The van der Waals surface area contributed by atoms with E-state index in [2.05, 4.69) is 15.0 Å². The van der Waals surface area contributed by atoms with Gasteiger partial charge in [-0.15, -0.1) is 0 Å². The van der Waals surface area contributed by atoms with Gasteiger partial charge in [-0.05, 0) is 35.4 Å². The van der Waals surface area contributed by atoms with Crippen LogP contribution in [0.2, 0.25) is 0 Å². The summed E-state index contributed by atoms with van der Waals surface area (Å²) in [6.45, 7) is 4.87. The van der Waals surface area contributed by atoms with Crippen LogP contribution in [-0.4, -0.2) is 30.9 Å². The first-order chi connectivity index (χ1) is 13.0. The molecule has 138 valence electrons. The van der Waals surface area contributed by atoms with Gasteiger partial charge in [0.2, 0.25) is 0 Å². The zero-order valence-electron chi connectivity index (χ0n) is 15.4. The number of carbonyl (C=O) groups is 1. The van der Waals surface area contributed by atoms with Gasteiger partial charge in [-0.1, -0.05) is 26.0 Å². The zero-order chi connectivity index (χ0) is 19.2. The topological polar surface area (TPSA) is 79.2 Å². The molecule has 3 aromatic rings. The molecule has 6 nitrogen and oxygen atoms in total. The van der Waals surface area contributed by atoms with Crippen molar-refractivity contribution in [2.24, 2.45) is 0 Å². The Kier molecular flexibility index (Phi) is 5.76. The maximum atomic E-state index is 13.1. The van der Waals surface area contributed by atoms with Gasteiger partial charge in [0.25, 0.3) is 5.91 Å². The third-order valence-electron chi connectivity index (χ3n) is 4.15. The molecule has 0 spiro atoms. The van der Waals surface area contributed by atoms with Crippen molar-refractivity contribution in [1.82, 2.24) is 19.9 Å². The Balaban J connectivity index is 1.85. The van der Waals surface area contributed by atoms with Crippen molar-refractivity contribution in [3.63, 3.8) is 0 Å². The summed E-state index contributed by atoms with van der Waals surface area (Å²) >= 11 is 0. The number of nitrogens with zero attached hydrogens (tertiary/aromatic N) is 4. The molecule has 6 heteroatoms. The Hall–Kier alpha value is -3.28. The summed E-state index contributed by atoms with van der Waals surface area (Å²) in [7, 11) is 0. The van der Waals surface area contributed by atoms with Crippen molar-refractivity contribution in [1.29, 1.82) is 0 Å². The van der Waals surface area contributed by atoms with Crippen LogP contribution in [0.5, 0.6) is 5.75 Å². The number of hydrogen-bond donors (Lipinski definition) is 1. The number of aromatic hydroxyl groups is 1. The third-order valence-corrected chi connectivity index (χ3v) is 4.15. The number of phenolic OH excluding ortho intramolecular Hbond substituents is 1. The van der Waals surface area contributed by atoms with Crippen LogP contribution in [0, 0.1) is 0 Å². The summed E-state index contributed by atoms with van der Waals surface area (Å²) in [6, 6.07) is 10.6. The third kappa shape index (κ3) is 4.88. The predicted octanol–water partition coefficient (Wildman–Crippen LogP) is 3.54. The number of amides is 1. The molecule has 0 aliphatic carbocycles. The minimum atomic E-state index is -0.143. The average molecular weight is 362 g/mol. The molecule has 0 aliphatic rings. The van der Waals surface area contributed by atoms with E-state index in [4.69, 9.17) is 0 Å². The lowest BCUT2D eigenvalue weighted by Gasteiger charge is -2.23. The van der Waals surface area contributed by atoms with Gasteiger partial charge in [-0.3, -0.25) is 9.78 Å². The van der Waals surface area contributed by atoms with Crippen LogP contribution in [0.15, 0.2) is 61.2 Å². The Morgan fingerprint density at radius 1 is 0.963 bits per heavy atom. The van der Waals surface area contributed by atoms with E-state index in [1.807, 2.05) is 26.0 Å². The molecule has 0 saturated heterocycles. The van der Waals surface area contributed by atoms with E-state index in [0.29, 0.717) is 24.5 Å². The number of rotatable bonds is 6. The minimum Gasteiger partial charge on any atom is -0.508 e. The standard InChI is InChI=1S/C21H22N4O2/c1-15(2)20-23-11-18(12-24-20)21(27)25(14-17-7-9-22-10-8-17)13-16-3-5-19(26)6-4-16/h3-12,15,26H,13-14H2,1-2H3. The zero-order valence-corrected chi connectivity index (χ0v) is 15.4. The van der Waals surface area contributed by atoms with Crippen LogP contribution < -0.4 is 0 Å². The summed E-state index contributed by atoms with van der Waals surface area (Å²) < 4.78 is 0. The van der Waals surface area contributed by atoms with Gasteiger partial charge in [-0.25, -0.2) is 9.97 Å². The van der Waals surface area contributed by atoms with Crippen LogP contribution in [-0.2, 0) is 13.1 Å². The molecular weight excluding hydrogens is 340 g/mol. The highest BCUT2D eigenvalue weighted by Gasteiger charge is 2.18. The summed E-state index contributed by atoms with van der Waals surface area (Å²) in [4.78, 5) is 27.4.